The molecule has 0 saturated heterocycles. The highest BCUT2D eigenvalue weighted by Crippen LogP contribution is 2.26. The monoisotopic (exact) mass is 278 g/mol. The van der Waals surface area contributed by atoms with E-state index < -0.39 is 0 Å². The molecule has 1 aliphatic rings. The molecule has 20 heavy (non-hydrogen) atoms. The highest BCUT2D eigenvalue weighted by atomic mass is 16.5. The Kier molecular flexibility index (Phi) is 6.30. The molecule has 2 rings (SSSR count). The molecule has 0 spiro atoms. The van der Waals surface area contributed by atoms with Crippen molar-refractivity contribution in [3.8, 4) is 5.75 Å². The molecule has 1 saturated carbocycles. The summed E-state index contributed by atoms with van der Waals surface area (Å²) in [5, 5.41) is 3.15. The van der Waals surface area contributed by atoms with E-state index in [1.54, 1.807) is 7.11 Å². The van der Waals surface area contributed by atoms with Gasteiger partial charge in [0.2, 0.25) is 0 Å². The van der Waals surface area contributed by atoms with Crippen molar-refractivity contribution in [2.75, 3.05) is 40.5 Å². The predicted octanol–water partition coefficient (Wildman–Crippen LogP) is 1.90. The quantitative estimate of drug-likeness (QED) is 0.709. The van der Waals surface area contributed by atoms with Crippen molar-refractivity contribution < 1.29 is 9.47 Å². The number of rotatable bonds is 10. The van der Waals surface area contributed by atoms with Gasteiger partial charge in [0.1, 0.15) is 12.4 Å². The third kappa shape index (κ3) is 5.12. The Labute approximate surface area is 122 Å². The summed E-state index contributed by atoms with van der Waals surface area (Å²) in [6, 6.07) is 9.04. The Balaban J connectivity index is 1.74. The molecule has 4 heteroatoms. The van der Waals surface area contributed by atoms with Gasteiger partial charge in [0, 0.05) is 32.8 Å². The Bertz CT molecular complexity index is 394. The summed E-state index contributed by atoms with van der Waals surface area (Å²) in [7, 11) is 3.71. The highest BCUT2D eigenvalue weighted by Gasteiger charge is 2.28. The zero-order chi connectivity index (χ0) is 14.2. The van der Waals surface area contributed by atoms with Crippen molar-refractivity contribution in [1.82, 2.24) is 10.2 Å². The van der Waals surface area contributed by atoms with Crippen LogP contribution in [0.25, 0.3) is 0 Å². The lowest BCUT2D eigenvalue weighted by Gasteiger charge is -2.21. The summed E-state index contributed by atoms with van der Waals surface area (Å²) in [5.41, 5.74) is 1.25. The maximum Gasteiger partial charge on any atom is 0.119 e. The molecule has 1 fully saturated rings. The highest BCUT2D eigenvalue weighted by molar-refractivity contribution is 5.28. The van der Waals surface area contributed by atoms with Gasteiger partial charge in [-0.25, -0.2) is 0 Å². The molecule has 1 N–H and O–H groups in total. The predicted molar refractivity (Wildman–Crippen MR) is 81.2 cm³/mol. The number of methoxy groups -OCH3 is 1. The van der Waals surface area contributed by atoms with Crippen molar-refractivity contribution in [3.05, 3.63) is 29.8 Å². The molecule has 112 valence electrons. The maximum absolute atomic E-state index is 5.87. The molecular weight excluding hydrogens is 252 g/mol. The minimum atomic E-state index is 0.739. The molecule has 0 bridgehead atoms. The third-order valence-electron chi connectivity index (χ3n) is 3.57. The van der Waals surface area contributed by atoms with E-state index in [2.05, 4.69) is 22.3 Å². The van der Waals surface area contributed by atoms with E-state index in [9.17, 15) is 0 Å². The van der Waals surface area contributed by atoms with Crippen LogP contribution in [0.5, 0.6) is 5.75 Å². The fourth-order valence-corrected chi connectivity index (χ4v) is 2.36. The average Bonchev–Trinajstić information content (AvgIpc) is 3.28. The van der Waals surface area contributed by atoms with Gasteiger partial charge in [-0.15, -0.1) is 0 Å². The van der Waals surface area contributed by atoms with E-state index >= 15 is 0 Å². The summed E-state index contributed by atoms with van der Waals surface area (Å²) < 4.78 is 11.0. The van der Waals surface area contributed by atoms with Gasteiger partial charge in [-0.2, -0.15) is 0 Å². The van der Waals surface area contributed by atoms with Crippen molar-refractivity contribution >= 4 is 0 Å². The van der Waals surface area contributed by atoms with Crippen LogP contribution in [-0.4, -0.2) is 51.4 Å². The number of nitrogens with zero attached hydrogens (tertiary/aromatic N) is 1. The standard InChI is InChI=1S/C16H26N2O2/c1-17-13-14-4-3-5-16(12-14)20-11-9-18(8-10-19-2)15-6-7-15/h3-5,12,15,17H,6-11,13H2,1-2H3. The Morgan fingerprint density at radius 2 is 2.05 bits per heavy atom. The SMILES string of the molecule is CNCc1cccc(OCCN(CCOC)C2CC2)c1. The Hall–Kier alpha value is -1.10. The summed E-state index contributed by atoms with van der Waals surface area (Å²) in [4.78, 5) is 2.47. The van der Waals surface area contributed by atoms with Gasteiger partial charge in [-0.05, 0) is 37.6 Å². The second-order valence-electron chi connectivity index (χ2n) is 5.29. The van der Waals surface area contributed by atoms with Crippen LogP contribution in [0.3, 0.4) is 0 Å². The van der Waals surface area contributed by atoms with Gasteiger partial charge in [0.25, 0.3) is 0 Å². The van der Waals surface area contributed by atoms with Crippen LogP contribution in [0.2, 0.25) is 0 Å². The lowest BCUT2D eigenvalue weighted by molar-refractivity contribution is 0.130. The molecule has 0 aromatic heterocycles. The van der Waals surface area contributed by atoms with Crippen LogP contribution in [-0.2, 0) is 11.3 Å². The maximum atomic E-state index is 5.87. The number of hydrogen-bond acceptors (Lipinski definition) is 4. The first-order chi connectivity index (χ1) is 9.83. The number of hydrogen-bond donors (Lipinski definition) is 1. The van der Waals surface area contributed by atoms with E-state index in [1.165, 1.54) is 18.4 Å². The summed E-state index contributed by atoms with van der Waals surface area (Å²) >= 11 is 0. The van der Waals surface area contributed by atoms with Crippen molar-refractivity contribution in [2.45, 2.75) is 25.4 Å². The smallest absolute Gasteiger partial charge is 0.119 e. The van der Waals surface area contributed by atoms with Crippen molar-refractivity contribution in [3.63, 3.8) is 0 Å². The van der Waals surface area contributed by atoms with E-state index in [4.69, 9.17) is 9.47 Å². The lowest BCUT2D eigenvalue weighted by Crippen LogP contribution is -2.33. The molecule has 0 unspecified atom stereocenters. The summed E-state index contributed by atoms with van der Waals surface area (Å²) in [6.07, 6.45) is 2.64. The van der Waals surface area contributed by atoms with Crippen LogP contribution < -0.4 is 10.1 Å². The molecule has 0 aliphatic heterocycles. The zero-order valence-corrected chi connectivity index (χ0v) is 12.6. The van der Waals surface area contributed by atoms with Gasteiger partial charge in [0.15, 0.2) is 0 Å². The molecular formula is C16H26N2O2. The van der Waals surface area contributed by atoms with Crippen LogP contribution >= 0.6 is 0 Å². The van der Waals surface area contributed by atoms with E-state index in [-0.39, 0.29) is 0 Å². The molecule has 1 aromatic rings. The Morgan fingerprint density at radius 1 is 1.25 bits per heavy atom. The first kappa shape index (κ1) is 15.3. The molecule has 0 radical (unpaired) electrons. The fraction of sp³-hybridized carbons (Fsp3) is 0.625. The number of ether oxygens (including phenoxy) is 2. The normalized spacial score (nSPS) is 14.8. The average molecular weight is 278 g/mol. The fourth-order valence-electron chi connectivity index (χ4n) is 2.36. The Morgan fingerprint density at radius 3 is 2.75 bits per heavy atom. The van der Waals surface area contributed by atoms with Crippen LogP contribution in [0.15, 0.2) is 24.3 Å². The van der Waals surface area contributed by atoms with Gasteiger partial charge in [-0.1, -0.05) is 12.1 Å². The van der Waals surface area contributed by atoms with Crippen LogP contribution in [0.1, 0.15) is 18.4 Å². The van der Waals surface area contributed by atoms with Gasteiger partial charge in [-0.3, -0.25) is 4.90 Å². The van der Waals surface area contributed by atoms with E-state index in [0.29, 0.717) is 0 Å². The summed E-state index contributed by atoms with van der Waals surface area (Å²) in [6.45, 7) is 4.39. The van der Waals surface area contributed by atoms with Gasteiger partial charge >= 0.3 is 0 Å². The second kappa shape index (κ2) is 8.25. The van der Waals surface area contributed by atoms with E-state index in [0.717, 1.165) is 44.6 Å². The second-order valence-corrected chi connectivity index (χ2v) is 5.29. The van der Waals surface area contributed by atoms with Crippen LogP contribution in [0, 0.1) is 0 Å². The molecule has 1 aromatic carbocycles. The largest absolute Gasteiger partial charge is 0.492 e. The first-order valence-corrected chi connectivity index (χ1v) is 7.43. The molecule has 4 nitrogen and oxygen atoms in total. The first-order valence-electron chi connectivity index (χ1n) is 7.43. The topological polar surface area (TPSA) is 33.7 Å². The zero-order valence-electron chi connectivity index (χ0n) is 12.6. The third-order valence-corrected chi connectivity index (χ3v) is 3.57. The molecule has 0 heterocycles. The minimum absolute atomic E-state index is 0.739. The van der Waals surface area contributed by atoms with E-state index in [1.807, 2.05) is 19.2 Å². The van der Waals surface area contributed by atoms with Crippen molar-refractivity contribution in [1.29, 1.82) is 0 Å². The van der Waals surface area contributed by atoms with Crippen molar-refractivity contribution in [2.24, 2.45) is 0 Å². The number of nitrogens with one attached hydrogen (secondary N) is 1. The molecule has 0 amide bonds. The van der Waals surface area contributed by atoms with Gasteiger partial charge < -0.3 is 14.8 Å². The minimum Gasteiger partial charge on any atom is -0.492 e. The van der Waals surface area contributed by atoms with Gasteiger partial charge in [0.05, 0.1) is 6.61 Å². The van der Waals surface area contributed by atoms with Crippen LogP contribution in [0.4, 0.5) is 0 Å². The molecule has 1 aliphatic carbocycles. The number of benzene rings is 1. The lowest BCUT2D eigenvalue weighted by atomic mass is 10.2. The molecule has 0 atom stereocenters. The summed E-state index contributed by atoms with van der Waals surface area (Å²) in [5.74, 6) is 0.959.